The quantitative estimate of drug-likeness (QED) is 0.768. The van der Waals surface area contributed by atoms with Gasteiger partial charge in [0, 0.05) is 0 Å². The Balaban J connectivity index is 2.22. The maximum Gasteiger partial charge on any atom is 0.262 e. The molecule has 3 rings (SSSR count). The third-order valence-electron chi connectivity index (χ3n) is 3.16. The predicted octanol–water partition coefficient (Wildman–Crippen LogP) is 0.984. The van der Waals surface area contributed by atoms with Gasteiger partial charge in [0.25, 0.3) is 5.56 Å². The number of nitrogens with one attached hydrogen (secondary N) is 1. The lowest BCUT2D eigenvalue weighted by molar-refractivity contribution is 0.451. The number of hydrogen-bond acceptors (Lipinski definition) is 4. The van der Waals surface area contributed by atoms with Crippen LogP contribution >= 0.6 is 0 Å². The molecular weight excluding hydrogens is 218 g/mol. The van der Waals surface area contributed by atoms with Gasteiger partial charge in [0.15, 0.2) is 0 Å². The molecule has 1 aliphatic heterocycles. The topological polar surface area (TPSA) is 67.1 Å². The van der Waals surface area contributed by atoms with E-state index in [1.807, 2.05) is 0 Å². The molecule has 0 aliphatic carbocycles. The van der Waals surface area contributed by atoms with Crippen molar-refractivity contribution in [1.29, 1.82) is 0 Å². The number of fused-ring (bicyclic) bond motifs is 1. The molecule has 0 amide bonds. The number of phenols is 1. The molecule has 1 fully saturated rings. The van der Waals surface area contributed by atoms with Crippen LogP contribution in [-0.2, 0) is 0 Å². The van der Waals surface area contributed by atoms with Crippen LogP contribution in [0.15, 0.2) is 29.3 Å². The summed E-state index contributed by atoms with van der Waals surface area (Å²) in [6.45, 7) is 0.926. The molecule has 0 spiro atoms. The standard InChI is InChI=1S/C12H13N3O2/c16-9-4-1-3-8-11(9)14-7-15(12(8)17)10-5-2-6-13-10/h1,3-4,7,10,13,16H,2,5-6H2. The Kier molecular flexibility index (Phi) is 2.33. The normalized spacial score (nSPS) is 19.9. The molecule has 17 heavy (non-hydrogen) atoms. The van der Waals surface area contributed by atoms with E-state index in [-0.39, 0.29) is 17.5 Å². The molecule has 1 unspecified atom stereocenters. The van der Waals surface area contributed by atoms with E-state index in [9.17, 15) is 9.90 Å². The first-order valence-electron chi connectivity index (χ1n) is 5.69. The fourth-order valence-corrected chi connectivity index (χ4v) is 2.28. The Morgan fingerprint density at radius 3 is 3.12 bits per heavy atom. The second-order valence-electron chi connectivity index (χ2n) is 4.24. The molecule has 0 saturated carbocycles. The molecule has 88 valence electrons. The summed E-state index contributed by atoms with van der Waals surface area (Å²) in [4.78, 5) is 16.4. The Morgan fingerprint density at radius 1 is 1.47 bits per heavy atom. The zero-order valence-corrected chi connectivity index (χ0v) is 9.26. The van der Waals surface area contributed by atoms with Crippen LogP contribution in [0, 0.1) is 0 Å². The Bertz CT molecular complexity index is 615. The molecule has 1 aromatic heterocycles. The number of aromatic nitrogens is 2. The number of nitrogens with zero attached hydrogens (tertiary/aromatic N) is 2. The number of phenolic OH excluding ortho intramolecular Hbond substituents is 1. The third kappa shape index (κ3) is 1.59. The fourth-order valence-electron chi connectivity index (χ4n) is 2.28. The van der Waals surface area contributed by atoms with Crippen molar-refractivity contribution in [2.75, 3.05) is 6.54 Å². The minimum Gasteiger partial charge on any atom is -0.506 e. The molecule has 1 atom stereocenters. The largest absolute Gasteiger partial charge is 0.506 e. The first-order chi connectivity index (χ1) is 8.27. The van der Waals surface area contributed by atoms with Crippen molar-refractivity contribution >= 4 is 10.9 Å². The average Bonchev–Trinajstić information content (AvgIpc) is 2.84. The summed E-state index contributed by atoms with van der Waals surface area (Å²) in [5.74, 6) is 0.0473. The Morgan fingerprint density at radius 2 is 2.35 bits per heavy atom. The van der Waals surface area contributed by atoms with Gasteiger partial charge in [-0.1, -0.05) is 6.07 Å². The van der Waals surface area contributed by atoms with Crippen LogP contribution in [0.3, 0.4) is 0 Å². The van der Waals surface area contributed by atoms with E-state index in [2.05, 4.69) is 10.3 Å². The molecule has 0 radical (unpaired) electrons. The fraction of sp³-hybridized carbons (Fsp3) is 0.333. The number of aromatic hydroxyl groups is 1. The smallest absolute Gasteiger partial charge is 0.262 e. The molecular formula is C12H13N3O2. The summed E-state index contributed by atoms with van der Waals surface area (Å²) < 4.78 is 1.61. The van der Waals surface area contributed by atoms with E-state index in [4.69, 9.17) is 0 Å². The molecule has 0 bridgehead atoms. The first kappa shape index (κ1) is 10.3. The lowest BCUT2D eigenvalue weighted by Gasteiger charge is -2.14. The van der Waals surface area contributed by atoms with E-state index in [0.717, 1.165) is 19.4 Å². The van der Waals surface area contributed by atoms with Gasteiger partial charge in [0.05, 0.1) is 17.9 Å². The maximum absolute atomic E-state index is 12.2. The molecule has 5 nitrogen and oxygen atoms in total. The van der Waals surface area contributed by atoms with Crippen molar-refractivity contribution < 1.29 is 5.11 Å². The van der Waals surface area contributed by atoms with Gasteiger partial charge in [0.1, 0.15) is 11.3 Å². The van der Waals surface area contributed by atoms with E-state index in [0.29, 0.717) is 10.9 Å². The van der Waals surface area contributed by atoms with Gasteiger partial charge >= 0.3 is 0 Å². The molecule has 2 N–H and O–H groups in total. The number of para-hydroxylation sites is 1. The van der Waals surface area contributed by atoms with E-state index >= 15 is 0 Å². The number of rotatable bonds is 1. The SMILES string of the molecule is O=c1c2cccc(O)c2ncn1C1CCCN1. The van der Waals surface area contributed by atoms with Gasteiger partial charge in [-0.2, -0.15) is 0 Å². The van der Waals surface area contributed by atoms with Gasteiger partial charge in [-0.3, -0.25) is 14.7 Å². The van der Waals surface area contributed by atoms with Crippen LogP contribution in [-0.4, -0.2) is 21.2 Å². The van der Waals surface area contributed by atoms with Crippen LogP contribution in [0.2, 0.25) is 0 Å². The average molecular weight is 231 g/mol. The monoisotopic (exact) mass is 231 g/mol. The zero-order chi connectivity index (χ0) is 11.8. The highest BCUT2D eigenvalue weighted by atomic mass is 16.3. The van der Waals surface area contributed by atoms with Gasteiger partial charge in [-0.15, -0.1) is 0 Å². The molecule has 1 aromatic carbocycles. The lowest BCUT2D eigenvalue weighted by Crippen LogP contribution is -2.30. The van der Waals surface area contributed by atoms with E-state index in [1.54, 1.807) is 16.7 Å². The number of benzene rings is 1. The van der Waals surface area contributed by atoms with Crippen molar-refractivity contribution in [3.63, 3.8) is 0 Å². The molecule has 1 aliphatic rings. The summed E-state index contributed by atoms with van der Waals surface area (Å²) >= 11 is 0. The molecule has 5 heteroatoms. The highest BCUT2D eigenvalue weighted by molar-refractivity contribution is 5.82. The van der Waals surface area contributed by atoms with Crippen LogP contribution in [0.25, 0.3) is 10.9 Å². The van der Waals surface area contributed by atoms with Crippen molar-refractivity contribution in [3.05, 3.63) is 34.9 Å². The summed E-state index contributed by atoms with van der Waals surface area (Å²) in [7, 11) is 0. The van der Waals surface area contributed by atoms with Gasteiger partial charge < -0.3 is 5.11 Å². The zero-order valence-electron chi connectivity index (χ0n) is 9.26. The predicted molar refractivity (Wildman–Crippen MR) is 63.9 cm³/mol. The summed E-state index contributed by atoms with van der Waals surface area (Å²) in [5.41, 5.74) is 0.261. The Hall–Kier alpha value is -1.88. The van der Waals surface area contributed by atoms with Crippen molar-refractivity contribution in [3.8, 4) is 5.75 Å². The maximum atomic E-state index is 12.2. The van der Waals surface area contributed by atoms with Crippen LogP contribution < -0.4 is 10.9 Å². The van der Waals surface area contributed by atoms with Crippen molar-refractivity contribution in [1.82, 2.24) is 14.9 Å². The van der Waals surface area contributed by atoms with Crippen molar-refractivity contribution in [2.24, 2.45) is 0 Å². The molecule has 1 saturated heterocycles. The molecule has 2 heterocycles. The van der Waals surface area contributed by atoms with E-state index < -0.39 is 0 Å². The third-order valence-corrected chi connectivity index (χ3v) is 3.16. The van der Waals surface area contributed by atoms with Crippen LogP contribution in [0.4, 0.5) is 0 Å². The second kappa shape index (κ2) is 3.85. The van der Waals surface area contributed by atoms with Gasteiger partial charge in [-0.25, -0.2) is 4.98 Å². The van der Waals surface area contributed by atoms with E-state index in [1.165, 1.54) is 12.4 Å². The number of hydrogen-bond donors (Lipinski definition) is 2. The van der Waals surface area contributed by atoms with Crippen LogP contribution in [0.5, 0.6) is 5.75 Å². The summed E-state index contributed by atoms with van der Waals surface area (Å²) in [5, 5.41) is 13.3. The highest BCUT2D eigenvalue weighted by Crippen LogP contribution is 2.20. The van der Waals surface area contributed by atoms with Crippen molar-refractivity contribution in [2.45, 2.75) is 19.0 Å². The molecule has 2 aromatic rings. The minimum absolute atomic E-state index is 0.0294. The minimum atomic E-state index is -0.106. The highest BCUT2D eigenvalue weighted by Gasteiger charge is 2.18. The first-order valence-corrected chi connectivity index (χ1v) is 5.69. The second-order valence-corrected chi connectivity index (χ2v) is 4.24. The Labute approximate surface area is 97.7 Å². The summed E-state index contributed by atoms with van der Waals surface area (Å²) in [6, 6.07) is 4.88. The van der Waals surface area contributed by atoms with Gasteiger partial charge in [0.2, 0.25) is 0 Å². The lowest BCUT2D eigenvalue weighted by atomic mass is 10.2. The van der Waals surface area contributed by atoms with Crippen LogP contribution in [0.1, 0.15) is 19.0 Å². The summed E-state index contributed by atoms with van der Waals surface area (Å²) in [6.07, 6.45) is 3.54. The van der Waals surface area contributed by atoms with Gasteiger partial charge in [-0.05, 0) is 31.5 Å².